The fourth-order valence-electron chi connectivity index (χ4n) is 5.87. The largest absolute Gasteiger partial charge is 0.147 e. The van der Waals surface area contributed by atoms with Crippen LogP contribution < -0.4 is 0 Å². The first-order valence-corrected chi connectivity index (χ1v) is 24.4. The Balaban J connectivity index is 0.00000171. The maximum Gasteiger partial charge on any atom is -0.147 e. The van der Waals surface area contributed by atoms with Gasteiger partial charge in [0.25, 0.3) is 0 Å². The molecule has 0 saturated carbocycles. The van der Waals surface area contributed by atoms with E-state index in [1.54, 1.807) is 14.4 Å². The number of rotatable bonds is 3. The molecule has 2 aromatic carbocycles. The minimum atomic E-state index is -3.32. The molecule has 2 aliphatic rings. The van der Waals surface area contributed by atoms with Crippen molar-refractivity contribution in [2.24, 2.45) is 5.92 Å². The van der Waals surface area contributed by atoms with Crippen molar-refractivity contribution < 1.29 is 17.4 Å². The molecule has 0 fully saturated rings. The fraction of sp³-hybridized carbons (Fsp3) is 0.308. The van der Waals surface area contributed by atoms with E-state index in [1.165, 1.54) is 27.8 Å². The zero-order chi connectivity index (χ0) is 21.2. The second-order valence-electron chi connectivity index (χ2n) is 10.0. The van der Waals surface area contributed by atoms with Crippen LogP contribution in [0.15, 0.2) is 74.6 Å². The van der Waals surface area contributed by atoms with Crippen LogP contribution in [0.2, 0.25) is 14.3 Å². The van der Waals surface area contributed by atoms with Crippen LogP contribution in [0.4, 0.5) is 0 Å². The molecule has 4 rings (SSSR count). The normalized spacial score (nSPS) is 20.8. The van der Waals surface area contributed by atoms with Crippen molar-refractivity contribution in [3.05, 3.63) is 96.3 Å². The molecule has 0 amide bonds. The summed E-state index contributed by atoms with van der Waals surface area (Å²) >= 11 is 2.85. The molecule has 0 spiro atoms. The molecule has 0 N–H and O–H groups in total. The van der Waals surface area contributed by atoms with Crippen molar-refractivity contribution in [3.63, 3.8) is 0 Å². The van der Waals surface area contributed by atoms with E-state index in [0.29, 0.717) is 9.54 Å². The van der Waals surface area contributed by atoms with Crippen LogP contribution in [0, 0.1) is 5.92 Å². The second-order valence-corrected chi connectivity index (χ2v) is 40.0. The number of halogens is 3. The summed E-state index contributed by atoms with van der Waals surface area (Å²) in [6, 6.07) is 17.4. The quantitative estimate of drug-likeness (QED) is 0.326. The van der Waals surface area contributed by atoms with Gasteiger partial charge >= 0.3 is 184 Å². The molecular formula is C26H33Cl3SiZr. The monoisotopic (exact) mass is 568 g/mol. The maximum atomic E-state index is 6.17. The van der Waals surface area contributed by atoms with E-state index in [2.05, 4.69) is 86.3 Å². The average molecular weight is 571 g/mol. The van der Waals surface area contributed by atoms with Crippen LogP contribution in [0.5, 0.6) is 0 Å². The topological polar surface area (TPSA) is 0 Å². The molecule has 0 bridgehead atoms. The smallest absolute Gasteiger partial charge is 0.147 e. The van der Waals surface area contributed by atoms with Crippen molar-refractivity contribution >= 4 is 48.9 Å². The van der Waals surface area contributed by atoms with Gasteiger partial charge in [-0.2, -0.15) is 0 Å². The molecule has 0 aliphatic heterocycles. The molecule has 0 aromatic heterocycles. The summed E-state index contributed by atoms with van der Waals surface area (Å²) in [5.74, 6) is 0.577. The third-order valence-electron chi connectivity index (χ3n) is 7.60. The minimum Gasteiger partial charge on any atom is -0.147 e. The Bertz CT molecular complexity index is 1180. The Hall–Kier alpha value is -0.370. The van der Waals surface area contributed by atoms with Gasteiger partial charge in [-0.05, 0) is 0 Å². The number of benzene rings is 2. The first-order chi connectivity index (χ1) is 13.5. The molecule has 0 saturated heterocycles. The van der Waals surface area contributed by atoms with Gasteiger partial charge in [0.15, 0.2) is 0 Å². The molecule has 31 heavy (non-hydrogen) atoms. The van der Waals surface area contributed by atoms with E-state index in [1.807, 2.05) is 12.1 Å². The van der Waals surface area contributed by atoms with Crippen molar-refractivity contribution in [3.8, 4) is 0 Å². The van der Waals surface area contributed by atoms with Gasteiger partial charge in [-0.25, -0.2) is 0 Å². The van der Waals surface area contributed by atoms with Crippen LogP contribution in [0.3, 0.4) is 0 Å². The van der Waals surface area contributed by atoms with Gasteiger partial charge in [0.2, 0.25) is 0 Å². The number of allylic oxidation sites excluding steroid dienone is 5. The molecule has 0 heterocycles. The van der Waals surface area contributed by atoms with Crippen LogP contribution in [0.25, 0.3) is 5.57 Å². The molecule has 166 valence electrons. The second kappa shape index (κ2) is 9.11. The van der Waals surface area contributed by atoms with Gasteiger partial charge in [0, 0.05) is 0 Å². The number of hydrogen-bond acceptors (Lipinski definition) is 0. The van der Waals surface area contributed by atoms with E-state index in [-0.39, 0.29) is 24.8 Å². The van der Waals surface area contributed by atoms with Crippen molar-refractivity contribution in [2.45, 2.75) is 40.6 Å². The van der Waals surface area contributed by atoms with E-state index in [9.17, 15) is 0 Å². The minimum absolute atomic E-state index is 0. The van der Waals surface area contributed by atoms with Gasteiger partial charge in [-0.3, -0.25) is 0 Å². The predicted molar refractivity (Wildman–Crippen MR) is 143 cm³/mol. The first kappa shape index (κ1) is 26.9. The molecule has 2 unspecified atom stereocenters. The zero-order valence-electron chi connectivity index (χ0n) is 19.3. The molecular weight excluding hydrogens is 538 g/mol. The van der Waals surface area contributed by atoms with Crippen molar-refractivity contribution in [1.82, 2.24) is 0 Å². The Morgan fingerprint density at radius 2 is 1.45 bits per heavy atom. The third kappa shape index (κ3) is 4.29. The van der Waals surface area contributed by atoms with Crippen LogP contribution in [-0.2, 0) is 17.4 Å². The Labute approximate surface area is 207 Å². The van der Waals surface area contributed by atoms with E-state index < -0.39 is 17.4 Å². The summed E-state index contributed by atoms with van der Waals surface area (Å²) in [5, 5.41) is 0.794. The summed E-state index contributed by atoms with van der Waals surface area (Å²) in [7, 11) is 0. The van der Waals surface area contributed by atoms with E-state index in [0.717, 1.165) is 5.02 Å². The van der Waals surface area contributed by atoms with Gasteiger partial charge in [-0.15, -0.1) is 24.8 Å². The maximum absolute atomic E-state index is 6.17. The van der Waals surface area contributed by atoms with Crippen molar-refractivity contribution in [1.29, 1.82) is 0 Å². The average Bonchev–Trinajstić information content (AvgIpc) is 3.16. The first-order valence-electron chi connectivity index (χ1n) is 10.5. The predicted octanol–water partition coefficient (Wildman–Crippen LogP) is 8.26. The summed E-state index contributed by atoms with van der Waals surface area (Å²) in [6.45, 7) is 11.8. The van der Waals surface area contributed by atoms with Crippen molar-refractivity contribution in [2.75, 3.05) is 0 Å². The van der Waals surface area contributed by atoms with Gasteiger partial charge in [0.1, 0.15) is 0 Å². The molecule has 2 aromatic rings. The van der Waals surface area contributed by atoms with E-state index in [4.69, 9.17) is 11.6 Å². The Kier molecular flexibility index (Phi) is 7.90. The van der Waals surface area contributed by atoms with E-state index >= 15 is 0 Å². The Morgan fingerprint density at radius 3 is 2.00 bits per heavy atom. The van der Waals surface area contributed by atoms with Gasteiger partial charge in [-0.1, -0.05) is 0 Å². The number of hydrogen-bond donors (Lipinski definition) is 0. The zero-order valence-corrected chi connectivity index (χ0v) is 25.5. The summed E-state index contributed by atoms with van der Waals surface area (Å²) in [6.07, 6.45) is 2.60. The Morgan fingerprint density at radius 1 is 0.871 bits per heavy atom. The summed E-state index contributed by atoms with van der Waals surface area (Å²) < 4.78 is 7.67. The summed E-state index contributed by atoms with van der Waals surface area (Å²) in [5.41, 5.74) is 10.3. The van der Waals surface area contributed by atoms with Gasteiger partial charge in [0.05, 0.1) is 0 Å². The van der Waals surface area contributed by atoms with Crippen LogP contribution in [-0.4, -0.2) is 6.88 Å². The standard InChI is InChI=1S/C15H10Cl.C9H13.2CH3.2ClH.H2Si.Zr/c16-13-8-5-12(6-9-13)15-10-7-11-3-1-2-4-14(11)15;1-6-5-7(2)9(4)8(6)3;;;;;;/h1-10H;6H,1-4H3;2*1H3;2*1H;1H2;. The van der Waals surface area contributed by atoms with Crippen LogP contribution in [0.1, 0.15) is 48.0 Å². The van der Waals surface area contributed by atoms with Crippen LogP contribution >= 0.6 is 36.4 Å². The third-order valence-corrected chi connectivity index (χ3v) is 25.1. The molecule has 2 atom stereocenters. The summed E-state index contributed by atoms with van der Waals surface area (Å²) in [4.78, 5) is 0. The SMILES string of the molecule is CC1=C(C)C(C)[C]([Zr]([CH3])([CH3])(=[SiH2])[CH]2C=C(c3ccc(Cl)cc3)c3ccccc32)=C1C.Cl.Cl. The fourth-order valence-corrected chi connectivity index (χ4v) is 24.5. The molecule has 5 heteroatoms. The molecule has 0 radical (unpaired) electrons. The number of fused-ring (bicyclic) bond motifs is 1. The van der Waals surface area contributed by atoms with Gasteiger partial charge < -0.3 is 0 Å². The molecule has 2 aliphatic carbocycles. The molecule has 0 nitrogen and oxygen atoms in total.